The number of hydrogen-bond acceptors (Lipinski definition) is 1. The van der Waals surface area contributed by atoms with Crippen LogP contribution in [0.4, 0.5) is 8.78 Å². The molecule has 0 aromatic heterocycles. The number of likely N-dealkylation sites (tertiary alicyclic amines) is 1. The van der Waals surface area contributed by atoms with Crippen molar-refractivity contribution in [2.45, 2.75) is 51.9 Å². The van der Waals surface area contributed by atoms with Crippen LogP contribution in [-0.4, -0.2) is 31.0 Å². The minimum Gasteiger partial charge on any atom is -0.306 e. The summed E-state index contributed by atoms with van der Waals surface area (Å²) in [7, 11) is 1.93. The van der Waals surface area contributed by atoms with Gasteiger partial charge in [-0.3, -0.25) is 0 Å². The highest BCUT2D eigenvalue weighted by molar-refractivity contribution is 5.12. The Kier molecular flexibility index (Phi) is 4.10. The van der Waals surface area contributed by atoms with Gasteiger partial charge in [0.2, 0.25) is 0 Å². The predicted molar refractivity (Wildman–Crippen MR) is 59.3 cm³/mol. The van der Waals surface area contributed by atoms with Crippen LogP contribution in [0.3, 0.4) is 0 Å². The van der Waals surface area contributed by atoms with Gasteiger partial charge in [-0.2, -0.15) is 0 Å². The predicted octanol–water partition coefficient (Wildman–Crippen LogP) is 3.54. The highest BCUT2D eigenvalue weighted by atomic mass is 19.3. The molecule has 0 amide bonds. The lowest BCUT2D eigenvalue weighted by Gasteiger charge is -2.29. The summed E-state index contributed by atoms with van der Waals surface area (Å²) in [6.07, 6.45) is 4.43. The van der Waals surface area contributed by atoms with Crippen molar-refractivity contribution in [1.82, 2.24) is 4.90 Å². The first-order valence-corrected chi connectivity index (χ1v) is 6.04. The Bertz CT molecular complexity index is 204. The molecule has 1 heterocycles. The van der Waals surface area contributed by atoms with Crippen molar-refractivity contribution in [3.8, 4) is 0 Å². The van der Waals surface area contributed by atoms with Gasteiger partial charge in [0, 0.05) is 13.0 Å². The first kappa shape index (κ1) is 12.9. The molecule has 0 bridgehead atoms. The van der Waals surface area contributed by atoms with Crippen molar-refractivity contribution in [2.75, 3.05) is 20.1 Å². The summed E-state index contributed by atoms with van der Waals surface area (Å²) < 4.78 is 25.6. The SMILES string of the molecule is CCCC.CN1CCCC2(C1)CC2(F)F. The van der Waals surface area contributed by atoms with Crippen LogP contribution in [0, 0.1) is 5.41 Å². The molecule has 1 unspecified atom stereocenters. The van der Waals surface area contributed by atoms with Crippen LogP contribution in [0.5, 0.6) is 0 Å². The Morgan fingerprint density at radius 3 is 2.00 bits per heavy atom. The van der Waals surface area contributed by atoms with Crippen molar-refractivity contribution in [3.63, 3.8) is 0 Å². The van der Waals surface area contributed by atoms with Gasteiger partial charge in [-0.05, 0) is 26.4 Å². The Balaban J connectivity index is 0.000000245. The molecule has 2 aliphatic rings. The second-order valence-corrected chi connectivity index (χ2v) is 5.00. The molecule has 2 rings (SSSR count). The van der Waals surface area contributed by atoms with E-state index in [2.05, 4.69) is 13.8 Å². The lowest BCUT2D eigenvalue weighted by atomic mass is 9.95. The Hall–Kier alpha value is -0.180. The average Bonchev–Trinajstić information content (AvgIpc) is 2.67. The molecule has 0 N–H and O–H groups in total. The van der Waals surface area contributed by atoms with Gasteiger partial charge in [0.25, 0.3) is 5.92 Å². The van der Waals surface area contributed by atoms with Crippen LogP contribution in [-0.2, 0) is 0 Å². The van der Waals surface area contributed by atoms with Gasteiger partial charge in [0.05, 0.1) is 5.41 Å². The van der Waals surface area contributed by atoms with E-state index in [-0.39, 0.29) is 6.42 Å². The standard InChI is InChI=1S/C8H13F2N.C4H10/c1-11-4-2-3-7(6-11)5-8(7,9)10;1-3-4-2/h2-6H2,1H3;3-4H2,1-2H3. The second kappa shape index (κ2) is 4.77. The molecular weight excluding hydrogens is 196 g/mol. The van der Waals surface area contributed by atoms with Crippen molar-refractivity contribution >= 4 is 0 Å². The minimum absolute atomic E-state index is 0.129. The number of alkyl halides is 2. The topological polar surface area (TPSA) is 3.24 Å². The third kappa shape index (κ3) is 2.90. The van der Waals surface area contributed by atoms with E-state index in [0.29, 0.717) is 6.54 Å². The molecule has 1 aliphatic heterocycles. The van der Waals surface area contributed by atoms with Crippen LogP contribution in [0.25, 0.3) is 0 Å². The largest absolute Gasteiger partial charge is 0.306 e. The Morgan fingerprint density at radius 2 is 1.73 bits per heavy atom. The third-order valence-corrected chi connectivity index (χ3v) is 3.48. The normalized spacial score (nSPS) is 33.4. The quantitative estimate of drug-likeness (QED) is 0.652. The van der Waals surface area contributed by atoms with Gasteiger partial charge in [-0.1, -0.05) is 26.7 Å². The number of hydrogen-bond donors (Lipinski definition) is 0. The maximum absolute atomic E-state index is 12.8. The van der Waals surface area contributed by atoms with Gasteiger partial charge in [-0.25, -0.2) is 8.78 Å². The summed E-state index contributed by atoms with van der Waals surface area (Å²) >= 11 is 0. The second-order valence-electron chi connectivity index (χ2n) is 5.00. The van der Waals surface area contributed by atoms with E-state index in [0.717, 1.165) is 19.4 Å². The number of rotatable bonds is 1. The van der Waals surface area contributed by atoms with Crippen molar-refractivity contribution in [1.29, 1.82) is 0 Å². The van der Waals surface area contributed by atoms with Crippen molar-refractivity contribution < 1.29 is 8.78 Å². The first-order chi connectivity index (χ1) is 6.97. The minimum atomic E-state index is -2.35. The molecule has 1 saturated heterocycles. The average molecular weight is 219 g/mol. The zero-order valence-corrected chi connectivity index (χ0v) is 10.2. The molecule has 0 aromatic carbocycles. The van der Waals surface area contributed by atoms with Crippen molar-refractivity contribution in [2.24, 2.45) is 5.41 Å². The monoisotopic (exact) mass is 219 g/mol. The van der Waals surface area contributed by atoms with Crippen LogP contribution in [0.2, 0.25) is 0 Å². The Morgan fingerprint density at radius 1 is 1.20 bits per heavy atom. The summed E-state index contributed by atoms with van der Waals surface area (Å²) in [6.45, 7) is 5.94. The van der Waals surface area contributed by atoms with E-state index >= 15 is 0 Å². The van der Waals surface area contributed by atoms with Gasteiger partial charge in [-0.15, -0.1) is 0 Å². The molecule has 1 nitrogen and oxygen atoms in total. The van der Waals surface area contributed by atoms with Crippen LogP contribution in [0.15, 0.2) is 0 Å². The maximum Gasteiger partial charge on any atom is 0.255 e. The highest BCUT2D eigenvalue weighted by Gasteiger charge is 2.70. The lowest BCUT2D eigenvalue weighted by molar-refractivity contribution is 0.0310. The molecule has 2 fully saturated rings. The van der Waals surface area contributed by atoms with E-state index in [1.807, 2.05) is 11.9 Å². The van der Waals surface area contributed by atoms with Gasteiger partial charge in [0.1, 0.15) is 0 Å². The fourth-order valence-electron chi connectivity index (χ4n) is 2.19. The molecule has 1 atom stereocenters. The van der Waals surface area contributed by atoms with Crippen molar-refractivity contribution in [3.05, 3.63) is 0 Å². The van der Waals surface area contributed by atoms with Gasteiger partial charge in [0.15, 0.2) is 0 Å². The number of unbranched alkanes of at least 4 members (excludes halogenated alkanes) is 1. The molecule has 1 saturated carbocycles. The first-order valence-electron chi connectivity index (χ1n) is 6.04. The molecule has 0 radical (unpaired) electrons. The lowest BCUT2D eigenvalue weighted by Crippen LogP contribution is -2.36. The molecule has 1 spiro atoms. The molecular formula is C12H23F2N. The van der Waals surface area contributed by atoms with E-state index < -0.39 is 11.3 Å². The molecule has 90 valence electrons. The van der Waals surface area contributed by atoms with E-state index in [1.165, 1.54) is 12.8 Å². The number of piperidine rings is 1. The fraction of sp³-hybridized carbons (Fsp3) is 1.00. The van der Waals surface area contributed by atoms with Crippen LogP contribution in [0.1, 0.15) is 46.0 Å². The molecule has 3 heteroatoms. The molecule has 1 aliphatic carbocycles. The summed E-state index contributed by atoms with van der Waals surface area (Å²) in [6, 6.07) is 0. The summed E-state index contributed by atoms with van der Waals surface area (Å²) in [5.41, 5.74) is -0.611. The third-order valence-electron chi connectivity index (χ3n) is 3.48. The Labute approximate surface area is 91.8 Å². The zero-order valence-electron chi connectivity index (χ0n) is 10.2. The van der Waals surface area contributed by atoms with Gasteiger partial charge < -0.3 is 4.90 Å². The maximum atomic E-state index is 12.8. The fourth-order valence-corrected chi connectivity index (χ4v) is 2.19. The number of nitrogens with zero attached hydrogens (tertiary/aromatic N) is 1. The van der Waals surface area contributed by atoms with Crippen LogP contribution < -0.4 is 0 Å². The summed E-state index contributed by atoms with van der Waals surface area (Å²) in [5.74, 6) is -2.35. The van der Waals surface area contributed by atoms with E-state index in [4.69, 9.17) is 0 Å². The van der Waals surface area contributed by atoms with E-state index in [9.17, 15) is 8.78 Å². The smallest absolute Gasteiger partial charge is 0.255 e. The summed E-state index contributed by atoms with van der Waals surface area (Å²) in [4.78, 5) is 2.02. The van der Waals surface area contributed by atoms with Crippen LogP contribution >= 0.6 is 0 Å². The van der Waals surface area contributed by atoms with Gasteiger partial charge >= 0.3 is 0 Å². The molecule has 0 aromatic rings. The highest BCUT2D eigenvalue weighted by Crippen LogP contribution is 2.64. The summed E-state index contributed by atoms with van der Waals surface area (Å²) in [5, 5.41) is 0. The zero-order chi connectivity index (χ0) is 11.5. The molecule has 15 heavy (non-hydrogen) atoms. The number of halogens is 2. The van der Waals surface area contributed by atoms with E-state index in [1.54, 1.807) is 0 Å².